The summed E-state index contributed by atoms with van der Waals surface area (Å²) in [6, 6.07) is 1.94. The van der Waals surface area contributed by atoms with Crippen molar-refractivity contribution in [3.05, 3.63) is 28.3 Å². The Kier molecular flexibility index (Phi) is 4.53. The molecule has 4 nitrogen and oxygen atoms in total. The molecule has 1 aromatic rings. The van der Waals surface area contributed by atoms with Crippen molar-refractivity contribution in [2.24, 2.45) is 0 Å². The van der Waals surface area contributed by atoms with Crippen LogP contribution in [0.2, 0.25) is 0 Å². The highest BCUT2D eigenvalue weighted by Gasteiger charge is 2.31. The third-order valence-electron chi connectivity index (χ3n) is 4.01. The molecule has 0 aliphatic carbocycles. The molecule has 0 bridgehead atoms. The maximum atomic E-state index is 12.6. The summed E-state index contributed by atoms with van der Waals surface area (Å²) in [4.78, 5) is 0. The second kappa shape index (κ2) is 5.75. The molecular formula is C16H25O4P. The lowest BCUT2D eigenvalue weighted by atomic mass is 9.83. The van der Waals surface area contributed by atoms with E-state index in [1.165, 1.54) is 0 Å². The van der Waals surface area contributed by atoms with Crippen LogP contribution in [0.5, 0.6) is 5.75 Å². The molecule has 0 aromatic heterocycles. The lowest BCUT2D eigenvalue weighted by Crippen LogP contribution is -2.14. The summed E-state index contributed by atoms with van der Waals surface area (Å²) in [6.07, 6.45) is 1.05. The highest BCUT2D eigenvalue weighted by molar-refractivity contribution is 7.53. The second-order valence-electron chi connectivity index (χ2n) is 6.72. The average molecular weight is 312 g/mol. The van der Waals surface area contributed by atoms with Crippen LogP contribution in [0.3, 0.4) is 0 Å². The van der Waals surface area contributed by atoms with Gasteiger partial charge in [-0.1, -0.05) is 26.8 Å². The minimum absolute atomic E-state index is 0.180. The Bertz CT molecular complexity index is 577. The van der Waals surface area contributed by atoms with E-state index in [1.54, 1.807) is 0 Å². The maximum absolute atomic E-state index is 12.6. The van der Waals surface area contributed by atoms with Crippen molar-refractivity contribution < 1.29 is 18.7 Å². The van der Waals surface area contributed by atoms with Gasteiger partial charge < -0.3 is 14.2 Å². The second-order valence-corrected chi connectivity index (χ2v) is 8.78. The van der Waals surface area contributed by atoms with Crippen LogP contribution in [0, 0.1) is 13.8 Å². The van der Waals surface area contributed by atoms with Gasteiger partial charge >= 0.3 is 7.60 Å². The van der Waals surface area contributed by atoms with Crippen molar-refractivity contribution in [1.29, 1.82) is 0 Å². The zero-order chi connectivity index (χ0) is 15.8. The van der Waals surface area contributed by atoms with E-state index in [0.29, 0.717) is 19.0 Å². The van der Waals surface area contributed by atoms with Crippen LogP contribution in [-0.4, -0.2) is 18.3 Å². The fraction of sp³-hybridized carbons (Fsp3) is 0.625. The van der Waals surface area contributed by atoms with Crippen LogP contribution in [0.4, 0.5) is 0 Å². The van der Waals surface area contributed by atoms with Gasteiger partial charge in [0.25, 0.3) is 0 Å². The lowest BCUT2D eigenvalue weighted by molar-refractivity contribution is 0.145. The fourth-order valence-corrected chi connectivity index (χ4v) is 4.33. The quantitative estimate of drug-likeness (QED) is 0.820. The Labute approximate surface area is 127 Å². The predicted molar refractivity (Wildman–Crippen MR) is 84.1 cm³/mol. The largest absolute Gasteiger partial charge is 0.507 e. The van der Waals surface area contributed by atoms with E-state index in [9.17, 15) is 9.67 Å². The SMILES string of the molecule is Cc1c(CP2(=O)OCCCO2)cc(C(C)(C)C)c(O)c1C. The first-order chi connectivity index (χ1) is 9.64. The van der Waals surface area contributed by atoms with Crippen molar-refractivity contribution in [2.45, 2.75) is 52.6 Å². The maximum Gasteiger partial charge on any atom is 0.335 e. The molecule has 0 saturated carbocycles. The van der Waals surface area contributed by atoms with E-state index < -0.39 is 7.60 Å². The molecule has 1 fully saturated rings. The van der Waals surface area contributed by atoms with Crippen molar-refractivity contribution in [3.63, 3.8) is 0 Å². The zero-order valence-electron chi connectivity index (χ0n) is 13.5. The Morgan fingerprint density at radius 1 is 1.19 bits per heavy atom. The Morgan fingerprint density at radius 3 is 2.29 bits per heavy atom. The number of benzene rings is 1. The normalized spacial score (nSPS) is 18.7. The molecule has 0 unspecified atom stereocenters. The average Bonchev–Trinajstić information content (AvgIpc) is 2.39. The van der Waals surface area contributed by atoms with Gasteiger partial charge in [0, 0.05) is 0 Å². The van der Waals surface area contributed by atoms with Crippen molar-refractivity contribution in [1.82, 2.24) is 0 Å². The summed E-state index contributed by atoms with van der Waals surface area (Å²) >= 11 is 0. The predicted octanol–water partition coefficient (Wildman–Crippen LogP) is 4.44. The number of rotatable bonds is 2. The van der Waals surface area contributed by atoms with Gasteiger partial charge in [-0.25, -0.2) is 0 Å². The molecule has 1 saturated heterocycles. The van der Waals surface area contributed by atoms with E-state index in [1.807, 2.05) is 19.9 Å². The summed E-state index contributed by atoms with van der Waals surface area (Å²) in [7, 11) is -3.05. The van der Waals surface area contributed by atoms with Crippen molar-refractivity contribution >= 4 is 7.60 Å². The molecule has 1 aliphatic rings. The fourth-order valence-electron chi connectivity index (χ4n) is 2.51. The van der Waals surface area contributed by atoms with E-state index in [4.69, 9.17) is 9.05 Å². The van der Waals surface area contributed by atoms with Gasteiger partial charge in [-0.3, -0.25) is 4.57 Å². The summed E-state index contributed by atoms with van der Waals surface area (Å²) in [6.45, 7) is 11.0. The first-order valence-electron chi connectivity index (χ1n) is 7.35. The van der Waals surface area contributed by atoms with Crippen LogP contribution in [0.15, 0.2) is 6.07 Å². The third kappa shape index (κ3) is 3.50. The minimum atomic E-state index is -3.05. The van der Waals surface area contributed by atoms with E-state index in [0.717, 1.165) is 28.7 Å². The Hall–Kier alpha value is -0.830. The topological polar surface area (TPSA) is 55.8 Å². The van der Waals surface area contributed by atoms with Crippen LogP contribution in [-0.2, 0) is 25.2 Å². The van der Waals surface area contributed by atoms with E-state index in [-0.39, 0.29) is 11.6 Å². The van der Waals surface area contributed by atoms with Crippen molar-refractivity contribution in [3.8, 4) is 5.75 Å². The van der Waals surface area contributed by atoms with E-state index in [2.05, 4.69) is 20.8 Å². The molecule has 0 atom stereocenters. The molecule has 0 radical (unpaired) electrons. The minimum Gasteiger partial charge on any atom is -0.507 e. The van der Waals surface area contributed by atoms with Crippen LogP contribution in [0.1, 0.15) is 49.4 Å². The molecule has 21 heavy (non-hydrogen) atoms. The summed E-state index contributed by atoms with van der Waals surface area (Å²) in [5.74, 6) is 0.326. The van der Waals surface area contributed by atoms with Crippen molar-refractivity contribution in [2.75, 3.05) is 13.2 Å². The van der Waals surface area contributed by atoms with E-state index >= 15 is 0 Å². The Balaban J connectivity index is 2.44. The molecule has 1 heterocycles. The Morgan fingerprint density at radius 2 is 1.76 bits per heavy atom. The number of hydrogen-bond acceptors (Lipinski definition) is 4. The lowest BCUT2D eigenvalue weighted by Gasteiger charge is -2.27. The third-order valence-corrected chi connectivity index (χ3v) is 5.89. The first-order valence-corrected chi connectivity index (χ1v) is 9.07. The highest BCUT2D eigenvalue weighted by Crippen LogP contribution is 2.54. The summed E-state index contributed by atoms with van der Waals surface area (Å²) in [5, 5.41) is 10.4. The number of phenolic OH excluding ortho intramolecular Hbond substituents is 1. The van der Waals surface area contributed by atoms with Gasteiger partial charge in [0.15, 0.2) is 0 Å². The molecule has 2 rings (SSSR count). The molecule has 1 aromatic carbocycles. The van der Waals surface area contributed by atoms with Crippen LogP contribution < -0.4 is 0 Å². The molecule has 0 amide bonds. The monoisotopic (exact) mass is 312 g/mol. The standard InChI is InChI=1S/C16H25O4P/c1-11-12(2)15(17)14(16(3,4)5)9-13(11)10-21(18)19-7-6-8-20-21/h9,17H,6-8,10H2,1-5H3. The smallest absolute Gasteiger partial charge is 0.335 e. The first kappa shape index (κ1) is 16.5. The number of phenols is 1. The zero-order valence-corrected chi connectivity index (χ0v) is 14.4. The van der Waals surface area contributed by atoms with Gasteiger partial charge in [-0.05, 0) is 47.9 Å². The number of aromatic hydroxyl groups is 1. The van der Waals surface area contributed by atoms with Gasteiger partial charge in [0.05, 0.1) is 19.4 Å². The molecule has 1 aliphatic heterocycles. The van der Waals surface area contributed by atoms with Gasteiger partial charge in [-0.2, -0.15) is 0 Å². The van der Waals surface area contributed by atoms with Gasteiger partial charge in [0.1, 0.15) is 5.75 Å². The molecule has 0 spiro atoms. The summed E-state index contributed by atoms with van der Waals surface area (Å²) < 4.78 is 23.4. The van der Waals surface area contributed by atoms with Gasteiger partial charge in [0.2, 0.25) is 0 Å². The molecule has 1 N–H and O–H groups in total. The van der Waals surface area contributed by atoms with Gasteiger partial charge in [-0.15, -0.1) is 0 Å². The number of hydrogen-bond donors (Lipinski definition) is 1. The van der Waals surface area contributed by atoms with Crippen LogP contribution in [0.25, 0.3) is 0 Å². The molecular weight excluding hydrogens is 287 g/mol. The van der Waals surface area contributed by atoms with Crippen LogP contribution >= 0.6 is 7.60 Å². The summed E-state index contributed by atoms with van der Waals surface area (Å²) in [5.41, 5.74) is 3.40. The highest BCUT2D eigenvalue weighted by atomic mass is 31.2. The molecule has 5 heteroatoms. The molecule has 118 valence electrons.